The number of nitrogens with zero attached hydrogens (tertiary/aromatic N) is 1. The Hall–Kier alpha value is -1.97. The molecule has 0 bridgehead atoms. The molecular formula is C12H13N3O. The van der Waals surface area contributed by atoms with Crippen LogP contribution in [0.15, 0.2) is 24.3 Å². The second kappa shape index (κ2) is 3.56. The van der Waals surface area contributed by atoms with Crippen molar-refractivity contribution in [3.8, 4) is 17.0 Å². The summed E-state index contributed by atoms with van der Waals surface area (Å²) in [5, 5.41) is 10.2. The molecule has 2 aromatic rings. The summed E-state index contributed by atoms with van der Waals surface area (Å²) >= 11 is 0. The zero-order chi connectivity index (χ0) is 11.0. The van der Waals surface area contributed by atoms with Gasteiger partial charge in [-0.3, -0.25) is 5.10 Å². The topological polar surface area (TPSA) is 49.9 Å². The van der Waals surface area contributed by atoms with Crippen LogP contribution in [0.3, 0.4) is 0 Å². The number of hydrogen-bond acceptors (Lipinski definition) is 3. The van der Waals surface area contributed by atoms with Crippen LogP contribution < -0.4 is 10.1 Å². The first-order chi connectivity index (χ1) is 7.86. The fourth-order valence-electron chi connectivity index (χ4n) is 1.95. The van der Waals surface area contributed by atoms with Gasteiger partial charge in [0, 0.05) is 25.1 Å². The molecule has 0 fully saturated rings. The first kappa shape index (κ1) is 9.27. The first-order valence-corrected chi connectivity index (χ1v) is 5.36. The van der Waals surface area contributed by atoms with Gasteiger partial charge in [-0.05, 0) is 23.8 Å². The summed E-state index contributed by atoms with van der Waals surface area (Å²) in [5.74, 6) is 1.86. The highest BCUT2D eigenvalue weighted by Crippen LogP contribution is 2.30. The summed E-state index contributed by atoms with van der Waals surface area (Å²) in [7, 11) is 1.86. The predicted octanol–water partition coefficient (Wildman–Crippen LogP) is 2.05. The third-order valence-electron chi connectivity index (χ3n) is 2.83. The Labute approximate surface area is 93.6 Å². The number of nitrogens with one attached hydrogen (secondary N) is 2. The third-order valence-corrected chi connectivity index (χ3v) is 2.83. The molecule has 82 valence electrons. The van der Waals surface area contributed by atoms with Crippen LogP contribution in [0.5, 0.6) is 5.75 Å². The van der Waals surface area contributed by atoms with Crippen LogP contribution in [0.4, 0.5) is 5.82 Å². The van der Waals surface area contributed by atoms with Crippen LogP contribution in [0.1, 0.15) is 5.56 Å². The van der Waals surface area contributed by atoms with Crippen LogP contribution in [0, 0.1) is 0 Å². The van der Waals surface area contributed by atoms with Crippen molar-refractivity contribution >= 4 is 5.82 Å². The summed E-state index contributed by atoms with van der Waals surface area (Å²) in [6, 6.07) is 8.24. The monoisotopic (exact) mass is 215 g/mol. The molecule has 0 radical (unpaired) electrons. The fourth-order valence-corrected chi connectivity index (χ4v) is 1.95. The van der Waals surface area contributed by atoms with Crippen LogP contribution in [0.2, 0.25) is 0 Å². The van der Waals surface area contributed by atoms with Gasteiger partial charge in [-0.2, -0.15) is 5.10 Å². The second-order valence-corrected chi connectivity index (χ2v) is 3.84. The molecule has 3 rings (SSSR count). The minimum atomic E-state index is 0.795. The largest absolute Gasteiger partial charge is 0.493 e. The van der Waals surface area contributed by atoms with E-state index in [1.807, 2.05) is 19.2 Å². The van der Waals surface area contributed by atoms with Gasteiger partial charge in [0.15, 0.2) is 0 Å². The Morgan fingerprint density at radius 3 is 3.12 bits per heavy atom. The normalized spacial score (nSPS) is 13.3. The highest BCUT2D eigenvalue weighted by Gasteiger charge is 2.13. The standard InChI is InChI=1S/C12H13N3O/c1-13-12-7-10(14-15-12)8-2-3-11-9(6-8)4-5-16-11/h2-3,6-7H,4-5H2,1H3,(H2,13,14,15). The quantitative estimate of drug-likeness (QED) is 0.806. The van der Waals surface area contributed by atoms with Gasteiger partial charge in [-0.15, -0.1) is 0 Å². The molecule has 1 aromatic heterocycles. The van der Waals surface area contributed by atoms with Gasteiger partial charge in [0.25, 0.3) is 0 Å². The molecule has 0 aliphatic carbocycles. The van der Waals surface area contributed by atoms with Crippen molar-refractivity contribution in [1.82, 2.24) is 10.2 Å². The molecule has 0 spiro atoms. The van der Waals surface area contributed by atoms with Crippen molar-refractivity contribution in [2.75, 3.05) is 19.0 Å². The van der Waals surface area contributed by atoms with Crippen molar-refractivity contribution in [1.29, 1.82) is 0 Å². The predicted molar refractivity (Wildman–Crippen MR) is 62.8 cm³/mol. The second-order valence-electron chi connectivity index (χ2n) is 3.84. The lowest BCUT2D eigenvalue weighted by molar-refractivity contribution is 0.357. The van der Waals surface area contributed by atoms with Crippen LogP contribution in [-0.4, -0.2) is 23.9 Å². The summed E-state index contributed by atoms with van der Waals surface area (Å²) in [4.78, 5) is 0. The summed E-state index contributed by atoms with van der Waals surface area (Å²) in [5.41, 5.74) is 3.45. The Balaban J connectivity index is 2.00. The van der Waals surface area contributed by atoms with Gasteiger partial charge in [-0.25, -0.2) is 0 Å². The lowest BCUT2D eigenvalue weighted by Crippen LogP contribution is -1.85. The number of H-pyrrole nitrogens is 1. The van der Waals surface area contributed by atoms with E-state index in [9.17, 15) is 0 Å². The molecule has 1 aromatic carbocycles. The molecule has 1 aliphatic heterocycles. The summed E-state index contributed by atoms with van der Waals surface area (Å²) in [6.45, 7) is 0.795. The molecule has 16 heavy (non-hydrogen) atoms. The van der Waals surface area contributed by atoms with Crippen LogP contribution in [-0.2, 0) is 6.42 Å². The van der Waals surface area contributed by atoms with Crippen molar-refractivity contribution in [3.05, 3.63) is 29.8 Å². The van der Waals surface area contributed by atoms with Gasteiger partial charge in [0.05, 0.1) is 12.3 Å². The highest BCUT2D eigenvalue weighted by molar-refractivity contribution is 5.65. The lowest BCUT2D eigenvalue weighted by atomic mass is 10.1. The number of aromatic nitrogens is 2. The summed E-state index contributed by atoms with van der Waals surface area (Å²) in [6.07, 6.45) is 0.996. The van der Waals surface area contributed by atoms with E-state index in [1.54, 1.807) is 0 Å². The zero-order valence-corrected chi connectivity index (χ0v) is 9.08. The molecule has 1 aliphatic rings. The van der Waals surface area contributed by atoms with Gasteiger partial charge in [0.1, 0.15) is 11.6 Å². The first-order valence-electron chi connectivity index (χ1n) is 5.36. The molecule has 0 atom stereocenters. The Kier molecular flexibility index (Phi) is 2.06. The highest BCUT2D eigenvalue weighted by atomic mass is 16.5. The van der Waals surface area contributed by atoms with Crippen LogP contribution in [0.25, 0.3) is 11.3 Å². The fraction of sp³-hybridized carbons (Fsp3) is 0.250. The van der Waals surface area contributed by atoms with E-state index >= 15 is 0 Å². The maximum atomic E-state index is 5.48. The average molecular weight is 215 g/mol. The maximum absolute atomic E-state index is 5.48. The molecule has 0 saturated carbocycles. The van der Waals surface area contributed by atoms with Crippen LogP contribution >= 0.6 is 0 Å². The Morgan fingerprint density at radius 2 is 2.31 bits per heavy atom. The minimum absolute atomic E-state index is 0.795. The van der Waals surface area contributed by atoms with Crippen molar-refractivity contribution < 1.29 is 4.74 Å². The Bertz CT molecular complexity index is 519. The molecule has 2 N–H and O–H groups in total. The van der Waals surface area contributed by atoms with E-state index in [0.717, 1.165) is 35.9 Å². The van der Waals surface area contributed by atoms with Crippen molar-refractivity contribution in [2.45, 2.75) is 6.42 Å². The summed E-state index contributed by atoms with van der Waals surface area (Å²) < 4.78 is 5.48. The number of hydrogen-bond donors (Lipinski definition) is 2. The Morgan fingerprint density at radius 1 is 1.38 bits per heavy atom. The number of rotatable bonds is 2. The molecule has 2 heterocycles. The molecule has 4 nitrogen and oxygen atoms in total. The maximum Gasteiger partial charge on any atom is 0.148 e. The molecular weight excluding hydrogens is 202 g/mol. The number of ether oxygens (including phenoxy) is 1. The SMILES string of the molecule is CNc1cc(-c2ccc3c(c2)CCO3)[nH]n1. The van der Waals surface area contributed by atoms with E-state index in [0.29, 0.717) is 0 Å². The van der Waals surface area contributed by atoms with E-state index in [4.69, 9.17) is 4.74 Å². The number of aromatic amines is 1. The molecule has 0 unspecified atom stereocenters. The van der Waals surface area contributed by atoms with E-state index in [-0.39, 0.29) is 0 Å². The third kappa shape index (κ3) is 1.43. The number of anilines is 1. The van der Waals surface area contributed by atoms with Crippen molar-refractivity contribution in [3.63, 3.8) is 0 Å². The molecule has 0 saturated heterocycles. The molecule has 4 heteroatoms. The minimum Gasteiger partial charge on any atom is -0.493 e. The lowest BCUT2D eigenvalue weighted by Gasteiger charge is -2.01. The van der Waals surface area contributed by atoms with Gasteiger partial charge in [0.2, 0.25) is 0 Å². The number of fused-ring (bicyclic) bond motifs is 1. The van der Waals surface area contributed by atoms with E-state index in [1.165, 1.54) is 5.56 Å². The van der Waals surface area contributed by atoms with Gasteiger partial charge in [-0.1, -0.05) is 0 Å². The smallest absolute Gasteiger partial charge is 0.148 e. The average Bonchev–Trinajstić information content (AvgIpc) is 2.96. The zero-order valence-electron chi connectivity index (χ0n) is 9.08. The van der Waals surface area contributed by atoms with E-state index in [2.05, 4.69) is 27.6 Å². The molecule has 0 amide bonds. The van der Waals surface area contributed by atoms with E-state index < -0.39 is 0 Å². The van der Waals surface area contributed by atoms with Gasteiger partial charge >= 0.3 is 0 Å². The van der Waals surface area contributed by atoms with Gasteiger partial charge < -0.3 is 10.1 Å². The number of benzene rings is 1. The van der Waals surface area contributed by atoms with Crippen molar-refractivity contribution in [2.24, 2.45) is 0 Å².